The van der Waals surface area contributed by atoms with Gasteiger partial charge >= 0.3 is 0 Å². The number of benzene rings is 2. The summed E-state index contributed by atoms with van der Waals surface area (Å²) in [6.45, 7) is 1.82. The molecule has 2 aliphatic rings. The number of ether oxygens (including phenoxy) is 1. The van der Waals surface area contributed by atoms with Crippen LogP contribution in [0.4, 0.5) is 0 Å². The average molecular weight is 421 g/mol. The first kappa shape index (κ1) is 21.4. The number of hydrogen-bond donors (Lipinski definition) is 1. The minimum atomic E-state index is 0.0298. The van der Waals surface area contributed by atoms with Gasteiger partial charge in [-0.2, -0.15) is 0 Å². The van der Waals surface area contributed by atoms with Crippen LogP contribution in [-0.2, 0) is 11.4 Å². The van der Waals surface area contributed by atoms with Crippen molar-refractivity contribution >= 4 is 11.8 Å². The van der Waals surface area contributed by atoms with Crippen LogP contribution in [-0.4, -0.2) is 35.8 Å². The molecule has 0 radical (unpaired) electrons. The quantitative estimate of drug-likeness (QED) is 0.745. The van der Waals surface area contributed by atoms with Crippen molar-refractivity contribution in [2.24, 2.45) is 5.92 Å². The lowest BCUT2D eigenvalue weighted by molar-refractivity contribution is -0.126. The SMILES string of the molecule is O=C(NC1CCN(C(=O)c2cccc(OCc3ccccc3)c2)CC1)C1CCCCC1. The van der Waals surface area contributed by atoms with Crippen molar-refractivity contribution in [3.63, 3.8) is 0 Å². The predicted octanol–water partition coefficient (Wildman–Crippen LogP) is 4.57. The molecule has 5 heteroatoms. The standard InChI is InChI=1S/C26H32N2O3/c29-25(21-10-5-2-6-11-21)27-23-14-16-28(17-15-23)26(30)22-12-7-13-24(18-22)31-19-20-8-3-1-4-9-20/h1,3-4,7-9,12-13,18,21,23H,2,5-6,10-11,14-17,19H2,(H,27,29). The Hall–Kier alpha value is -2.82. The molecule has 1 aliphatic carbocycles. The third-order valence-electron chi connectivity index (χ3n) is 6.43. The fourth-order valence-electron chi connectivity index (χ4n) is 4.55. The van der Waals surface area contributed by atoms with E-state index in [4.69, 9.17) is 4.74 Å². The second kappa shape index (κ2) is 10.5. The third-order valence-corrected chi connectivity index (χ3v) is 6.43. The van der Waals surface area contributed by atoms with Crippen molar-refractivity contribution in [2.45, 2.75) is 57.6 Å². The van der Waals surface area contributed by atoms with E-state index >= 15 is 0 Å². The largest absolute Gasteiger partial charge is 0.489 e. The first-order valence-corrected chi connectivity index (χ1v) is 11.6. The molecule has 2 amide bonds. The minimum Gasteiger partial charge on any atom is -0.489 e. The summed E-state index contributed by atoms with van der Waals surface area (Å²) < 4.78 is 5.87. The van der Waals surface area contributed by atoms with Crippen molar-refractivity contribution in [3.05, 3.63) is 65.7 Å². The first-order valence-electron chi connectivity index (χ1n) is 11.6. The third kappa shape index (κ3) is 5.87. The van der Waals surface area contributed by atoms with Gasteiger partial charge in [-0.3, -0.25) is 9.59 Å². The van der Waals surface area contributed by atoms with E-state index in [0.29, 0.717) is 31.0 Å². The Morgan fingerprint density at radius 2 is 1.65 bits per heavy atom. The van der Waals surface area contributed by atoms with Crippen molar-refractivity contribution in [1.82, 2.24) is 10.2 Å². The maximum atomic E-state index is 13.0. The summed E-state index contributed by atoms with van der Waals surface area (Å²) >= 11 is 0. The van der Waals surface area contributed by atoms with E-state index in [0.717, 1.165) is 31.2 Å². The highest BCUT2D eigenvalue weighted by atomic mass is 16.5. The van der Waals surface area contributed by atoms with E-state index < -0.39 is 0 Å². The molecule has 0 atom stereocenters. The molecule has 5 nitrogen and oxygen atoms in total. The van der Waals surface area contributed by atoms with Crippen molar-refractivity contribution in [3.8, 4) is 5.75 Å². The molecule has 1 heterocycles. The number of carbonyl (C=O) groups excluding carboxylic acids is 2. The highest BCUT2D eigenvalue weighted by molar-refractivity contribution is 5.94. The van der Waals surface area contributed by atoms with Crippen LogP contribution in [0.1, 0.15) is 60.9 Å². The van der Waals surface area contributed by atoms with Gasteiger partial charge in [0.05, 0.1) is 0 Å². The highest BCUT2D eigenvalue weighted by Gasteiger charge is 2.27. The van der Waals surface area contributed by atoms with Gasteiger partial charge in [0, 0.05) is 30.6 Å². The normalized spacial score (nSPS) is 17.9. The predicted molar refractivity (Wildman–Crippen MR) is 121 cm³/mol. The molecule has 0 unspecified atom stereocenters. The van der Waals surface area contributed by atoms with Crippen LogP contribution in [0.2, 0.25) is 0 Å². The van der Waals surface area contributed by atoms with Crippen LogP contribution >= 0.6 is 0 Å². The Labute approximate surface area is 184 Å². The molecule has 2 fully saturated rings. The van der Waals surface area contributed by atoms with Crippen molar-refractivity contribution < 1.29 is 14.3 Å². The second-order valence-electron chi connectivity index (χ2n) is 8.71. The molecule has 0 spiro atoms. The summed E-state index contributed by atoms with van der Waals surface area (Å²) in [6, 6.07) is 17.6. The van der Waals surface area contributed by atoms with E-state index in [-0.39, 0.29) is 23.8 Å². The number of piperidine rings is 1. The molecule has 0 bridgehead atoms. The Balaban J connectivity index is 1.27. The zero-order chi connectivity index (χ0) is 21.5. The maximum absolute atomic E-state index is 13.0. The van der Waals surface area contributed by atoms with E-state index in [1.54, 1.807) is 0 Å². The van der Waals surface area contributed by atoms with Gasteiger partial charge < -0.3 is 15.0 Å². The van der Waals surface area contributed by atoms with Gasteiger partial charge in [0.2, 0.25) is 5.91 Å². The fourth-order valence-corrected chi connectivity index (χ4v) is 4.55. The number of amides is 2. The summed E-state index contributed by atoms with van der Waals surface area (Å²) in [5.41, 5.74) is 1.74. The van der Waals surface area contributed by atoms with Crippen LogP contribution in [0.25, 0.3) is 0 Å². The molecule has 1 N–H and O–H groups in total. The van der Waals surface area contributed by atoms with Crippen molar-refractivity contribution in [1.29, 1.82) is 0 Å². The Morgan fingerprint density at radius 1 is 0.903 bits per heavy atom. The van der Waals surface area contributed by atoms with Crippen LogP contribution in [0.5, 0.6) is 5.75 Å². The summed E-state index contributed by atoms with van der Waals surface area (Å²) in [5.74, 6) is 1.13. The van der Waals surface area contributed by atoms with Gasteiger partial charge in [-0.1, -0.05) is 55.7 Å². The molecule has 164 valence electrons. The molecule has 31 heavy (non-hydrogen) atoms. The lowest BCUT2D eigenvalue weighted by Crippen LogP contribution is -2.48. The second-order valence-corrected chi connectivity index (χ2v) is 8.71. The van der Waals surface area contributed by atoms with Crippen LogP contribution in [0.15, 0.2) is 54.6 Å². The lowest BCUT2D eigenvalue weighted by atomic mass is 9.88. The lowest BCUT2D eigenvalue weighted by Gasteiger charge is -2.33. The molecule has 1 saturated carbocycles. The monoisotopic (exact) mass is 420 g/mol. The molecule has 4 rings (SSSR count). The molecular weight excluding hydrogens is 388 g/mol. The molecule has 1 aliphatic heterocycles. The van der Waals surface area contributed by atoms with E-state index in [2.05, 4.69) is 5.32 Å². The highest BCUT2D eigenvalue weighted by Crippen LogP contribution is 2.24. The topological polar surface area (TPSA) is 58.6 Å². The van der Waals surface area contributed by atoms with Gasteiger partial charge in [-0.05, 0) is 49.4 Å². The number of rotatable bonds is 6. The maximum Gasteiger partial charge on any atom is 0.253 e. The van der Waals surface area contributed by atoms with Crippen LogP contribution < -0.4 is 10.1 Å². The van der Waals surface area contributed by atoms with Crippen LogP contribution in [0, 0.1) is 5.92 Å². The zero-order valence-electron chi connectivity index (χ0n) is 18.1. The van der Waals surface area contributed by atoms with Crippen molar-refractivity contribution in [2.75, 3.05) is 13.1 Å². The summed E-state index contributed by atoms with van der Waals surface area (Å²) in [7, 11) is 0. The molecule has 2 aromatic carbocycles. The molecule has 1 saturated heterocycles. The molecular formula is C26H32N2O3. The summed E-state index contributed by atoms with van der Waals surface area (Å²) in [5, 5.41) is 3.23. The summed E-state index contributed by atoms with van der Waals surface area (Å²) in [4.78, 5) is 27.4. The van der Waals surface area contributed by atoms with Gasteiger partial charge in [0.1, 0.15) is 12.4 Å². The molecule has 2 aromatic rings. The van der Waals surface area contributed by atoms with E-state index in [1.165, 1.54) is 19.3 Å². The number of nitrogens with zero attached hydrogens (tertiary/aromatic N) is 1. The van der Waals surface area contributed by atoms with Gasteiger partial charge in [-0.15, -0.1) is 0 Å². The van der Waals surface area contributed by atoms with Gasteiger partial charge in [-0.25, -0.2) is 0 Å². The fraction of sp³-hybridized carbons (Fsp3) is 0.462. The van der Waals surface area contributed by atoms with E-state index in [9.17, 15) is 9.59 Å². The van der Waals surface area contributed by atoms with Gasteiger partial charge in [0.25, 0.3) is 5.91 Å². The molecule has 0 aromatic heterocycles. The average Bonchev–Trinajstić information content (AvgIpc) is 2.84. The first-order chi connectivity index (χ1) is 15.2. The zero-order valence-corrected chi connectivity index (χ0v) is 18.1. The van der Waals surface area contributed by atoms with E-state index in [1.807, 2.05) is 59.5 Å². The Bertz CT molecular complexity index is 869. The number of hydrogen-bond acceptors (Lipinski definition) is 3. The number of carbonyl (C=O) groups is 2. The Morgan fingerprint density at radius 3 is 2.39 bits per heavy atom. The summed E-state index contributed by atoms with van der Waals surface area (Å²) in [6.07, 6.45) is 7.25. The Kier molecular flexibility index (Phi) is 7.23. The minimum absolute atomic E-state index is 0.0298. The van der Waals surface area contributed by atoms with Gasteiger partial charge in [0.15, 0.2) is 0 Å². The smallest absolute Gasteiger partial charge is 0.253 e. The number of nitrogens with one attached hydrogen (secondary N) is 1. The van der Waals surface area contributed by atoms with Crippen LogP contribution in [0.3, 0.4) is 0 Å². The number of likely N-dealkylation sites (tertiary alicyclic amines) is 1.